The lowest BCUT2D eigenvalue weighted by Crippen LogP contribution is -1.89. The van der Waals surface area contributed by atoms with Gasteiger partial charge in [0.25, 0.3) is 5.89 Å². The number of benzene rings is 1. The van der Waals surface area contributed by atoms with Crippen molar-refractivity contribution in [3.63, 3.8) is 0 Å². The van der Waals surface area contributed by atoms with Crippen LogP contribution in [0.4, 0.5) is 5.69 Å². The Morgan fingerprint density at radius 1 is 1.12 bits per heavy atom. The third-order valence-electron chi connectivity index (χ3n) is 2.40. The van der Waals surface area contributed by atoms with Gasteiger partial charge in [0.05, 0.1) is 17.4 Å². The van der Waals surface area contributed by atoms with Gasteiger partial charge in [-0.05, 0) is 18.2 Å². The van der Waals surface area contributed by atoms with Crippen molar-refractivity contribution in [2.24, 2.45) is 0 Å². The van der Waals surface area contributed by atoms with Crippen molar-refractivity contribution < 1.29 is 8.94 Å². The number of nitrogens with two attached hydrogens (primary N) is 1. The Balaban J connectivity index is 2.04. The fourth-order valence-electron chi connectivity index (χ4n) is 1.53. The van der Waals surface area contributed by atoms with Crippen molar-refractivity contribution in [2.45, 2.75) is 0 Å². The Morgan fingerprint density at radius 2 is 2.00 bits per heavy atom. The summed E-state index contributed by atoms with van der Waals surface area (Å²) in [5.41, 5.74) is 7.94. The Hall–Kier alpha value is -2.56. The minimum Gasteiger partial charge on any atom is -0.472 e. The Kier molecular flexibility index (Phi) is 2.15. The van der Waals surface area contributed by atoms with Crippen LogP contribution in [0.2, 0.25) is 0 Å². The summed E-state index contributed by atoms with van der Waals surface area (Å²) in [6.07, 6.45) is 3.12. The highest BCUT2D eigenvalue weighted by molar-refractivity contribution is 5.71. The van der Waals surface area contributed by atoms with Crippen LogP contribution in [-0.2, 0) is 0 Å². The molecule has 0 aliphatic carbocycles. The van der Waals surface area contributed by atoms with E-state index in [-0.39, 0.29) is 0 Å². The molecule has 0 spiro atoms. The largest absolute Gasteiger partial charge is 0.472 e. The molecule has 2 heterocycles. The van der Waals surface area contributed by atoms with Crippen molar-refractivity contribution in [3.8, 4) is 22.8 Å². The van der Waals surface area contributed by atoms with Gasteiger partial charge in [-0.3, -0.25) is 0 Å². The second-order valence-corrected chi connectivity index (χ2v) is 3.52. The van der Waals surface area contributed by atoms with Crippen molar-refractivity contribution in [3.05, 3.63) is 42.9 Å². The molecule has 84 valence electrons. The minimum atomic E-state index is 0.402. The number of nitrogen functional groups attached to an aromatic ring is 1. The predicted octanol–water partition coefficient (Wildman–Crippen LogP) is 2.58. The molecule has 3 aromatic rings. The summed E-state index contributed by atoms with van der Waals surface area (Å²) in [7, 11) is 0. The zero-order valence-electron chi connectivity index (χ0n) is 8.83. The van der Waals surface area contributed by atoms with Crippen molar-refractivity contribution in [2.75, 3.05) is 5.73 Å². The van der Waals surface area contributed by atoms with Gasteiger partial charge in [0.1, 0.15) is 6.26 Å². The molecule has 0 aliphatic rings. The standard InChI is InChI=1S/C12H9N3O2/c13-10-4-2-1-3-9(10)12-14-11(15-17-12)8-5-6-16-7-8/h1-7H,13H2. The lowest BCUT2D eigenvalue weighted by Gasteiger charge is -1.97. The molecule has 0 saturated carbocycles. The van der Waals surface area contributed by atoms with Crippen LogP contribution in [0.15, 0.2) is 51.8 Å². The summed E-state index contributed by atoms with van der Waals surface area (Å²) in [5.74, 6) is 0.885. The average molecular weight is 227 g/mol. The highest BCUT2D eigenvalue weighted by atomic mass is 16.5. The number of anilines is 1. The van der Waals surface area contributed by atoms with Crippen LogP contribution in [0, 0.1) is 0 Å². The fourth-order valence-corrected chi connectivity index (χ4v) is 1.53. The van der Waals surface area contributed by atoms with E-state index < -0.39 is 0 Å². The first-order valence-corrected chi connectivity index (χ1v) is 5.06. The quantitative estimate of drug-likeness (QED) is 0.681. The van der Waals surface area contributed by atoms with Gasteiger partial charge in [-0.25, -0.2) is 0 Å². The summed E-state index contributed by atoms with van der Waals surface area (Å²) in [6.45, 7) is 0. The number of rotatable bonds is 2. The molecule has 2 aromatic heterocycles. The number of aromatic nitrogens is 2. The van der Waals surface area contributed by atoms with E-state index in [0.29, 0.717) is 17.4 Å². The minimum absolute atomic E-state index is 0.402. The van der Waals surface area contributed by atoms with Crippen LogP contribution >= 0.6 is 0 Å². The third-order valence-corrected chi connectivity index (χ3v) is 2.40. The average Bonchev–Trinajstić information content (AvgIpc) is 3.00. The molecular formula is C12H9N3O2. The summed E-state index contributed by atoms with van der Waals surface area (Å²) < 4.78 is 10.1. The number of nitrogens with zero attached hydrogens (tertiary/aromatic N) is 2. The van der Waals surface area contributed by atoms with E-state index in [0.717, 1.165) is 11.1 Å². The molecule has 0 bridgehead atoms. The molecule has 17 heavy (non-hydrogen) atoms. The van der Waals surface area contributed by atoms with Crippen LogP contribution < -0.4 is 5.73 Å². The summed E-state index contributed by atoms with van der Waals surface area (Å²) >= 11 is 0. The molecule has 0 atom stereocenters. The number of hydrogen-bond acceptors (Lipinski definition) is 5. The van der Waals surface area contributed by atoms with Gasteiger partial charge in [0.2, 0.25) is 5.82 Å². The monoisotopic (exact) mass is 227 g/mol. The Bertz CT molecular complexity index is 629. The number of hydrogen-bond donors (Lipinski definition) is 1. The molecule has 0 amide bonds. The van der Waals surface area contributed by atoms with Gasteiger partial charge >= 0.3 is 0 Å². The third kappa shape index (κ3) is 1.67. The highest BCUT2D eigenvalue weighted by Crippen LogP contribution is 2.26. The number of furan rings is 1. The molecule has 0 unspecified atom stereocenters. The smallest absolute Gasteiger partial charge is 0.260 e. The maximum Gasteiger partial charge on any atom is 0.260 e. The first kappa shape index (κ1) is 9.65. The second kappa shape index (κ2) is 3.79. The first-order valence-electron chi connectivity index (χ1n) is 5.06. The Morgan fingerprint density at radius 3 is 2.76 bits per heavy atom. The second-order valence-electron chi connectivity index (χ2n) is 3.52. The lowest BCUT2D eigenvalue weighted by molar-refractivity contribution is 0.432. The normalized spacial score (nSPS) is 10.6. The maximum atomic E-state index is 5.83. The van der Waals surface area contributed by atoms with Gasteiger partial charge in [-0.15, -0.1) is 0 Å². The van der Waals surface area contributed by atoms with E-state index in [2.05, 4.69) is 10.1 Å². The summed E-state index contributed by atoms with van der Waals surface area (Å²) in [5, 5.41) is 3.87. The molecule has 0 saturated heterocycles. The maximum absolute atomic E-state index is 5.83. The van der Waals surface area contributed by atoms with Crippen molar-refractivity contribution >= 4 is 5.69 Å². The molecule has 3 rings (SSSR count). The predicted molar refractivity (Wildman–Crippen MR) is 61.8 cm³/mol. The molecule has 0 aliphatic heterocycles. The van der Waals surface area contributed by atoms with Crippen molar-refractivity contribution in [1.82, 2.24) is 10.1 Å². The topological polar surface area (TPSA) is 78.1 Å². The van der Waals surface area contributed by atoms with E-state index in [1.165, 1.54) is 0 Å². The molecule has 0 fully saturated rings. The molecule has 1 aromatic carbocycles. The van der Waals surface area contributed by atoms with E-state index in [1.54, 1.807) is 24.7 Å². The highest BCUT2D eigenvalue weighted by Gasteiger charge is 2.12. The van der Waals surface area contributed by atoms with Crippen LogP contribution in [0.1, 0.15) is 0 Å². The van der Waals surface area contributed by atoms with E-state index in [1.807, 2.05) is 18.2 Å². The van der Waals surface area contributed by atoms with Gasteiger partial charge in [-0.2, -0.15) is 4.98 Å². The van der Waals surface area contributed by atoms with Gasteiger partial charge in [-0.1, -0.05) is 17.3 Å². The van der Waals surface area contributed by atoms with Crippen LogP contribution in [0.3, 0.4) is 0 Å². The Labute approximate surface area is 96.9 Å². The van der Waals surface area contributed by atoms with Crippen LogP contribution in [0.25, 0.3) is 22.8 Å². The van der Waals surface area contributed by atoms with Crippen molar-refractivity contribution in [1.29, 1.82) is 0 Å². The van der Waals surface area contributed by atoms with Crippen LogP contribution in [0.5, 0.6) is 0 Å². The molecule has 5 heteroatoms. The molecule has 2 N–H and O–H groups in total. The first-order chi connectivity index (χ1) is 8.34. The summed E-state index contributed by atoms with van der Waals surface area (Å²) in [6, 6.07) is 9.11. The van der Waals surface area contributed by atoms with Gasteiger partial charge in [0.15, 0.2) is 0 Å². The van der Waals surface area contributed by atoms with E-state index in [9.17, 15) is 0 Å². The zero-order chi connectivity index (χ0) is 11.7. The lowest BCUT2D eigenvalue weighted by atomic mass is 10.2. The SMILES string of the molecule is Nc1ccccc1-c1nc(-c2ccoc2)no1. The van der Waals surface area contributed by atoms with Gasteiger partial charge in [0, 0.05) is 5.69 Å². The molecular weight excluding hydrogens is 218 g/mol. The van der Waals surface area contributed by atoms with Gasteiger partial charge < -0.3 is 14.7 Å². The van der Waals surface area contributed by atoms with Crippen LogP contribution in [-0.4, -0.2) is 10.1 Å². The summed E-state index contributed by atoms with van der Waals surface area (Å²) in [4.78, 5) is 4.27. The number of para-hydroxylation sites is 1. The van der Waals surface area contributed by atoms with E-state index in [4.69, 9.17) is 14.7 Å². The molecule has 5 nitrogen and oxygen atoms in total. The molecule has 0 radical (unpaired) electrons. The van der Waals surface area contributed by atoms with E-state index >= 15 is 0 Å². The zero-order valence-corrected chi connectivity index (χ0v) is 8.83. The fraction of sp³-hybridized carbons (Fsp3) is 0.